The van der Waals surface area contributed by atoms with Crippen LogP contribution in [0.2, 0.25) is 0 Å². The minimum atomic E-state index is -0.333. The first-order chi connectivity index (χ1) is 9.65. The molecule has 0 radical (unpaired) electrons. The summed E-state index contributed by atoms with van der Waals surface area (Å²) < 4.78 is 20.4. The SMILES string of the molecule is COc1cc(F)ccc1Nc1nc2cc(Br)ccc2s1. The van der Waals surface area contributed by atoms with Crippen molar-refractivity contribution in [3.8, 4) is 5.75 Å². The Labute approximate surface area is 127 Å². The molecule has 2 aromatic carbocycles. The fraction of sp³-hybridized carbons (Fsp3) is 0.0714. The maximum atomic E-state index is 13.2. The van der Waals surface area contributed by atoms with E-state index in [0.717, 1.165) is 19.8 Å². The van der Waals surface area contributed by atoms with Crippen LogP contribution in [0.3, 0.4) is 0 Å². The molecule has 20 heavy (non-hydrogen) atoms. The largest absolute Gasteiger partial charge is 0.494 e. The number of fused-ring (bicyclic) bond motifs is 1. The number of methoxy groups -OCH3 is 1. The zero-order valence-electron chi connectivity index (χ0n) is 10.5. The monoisotopic (exact) mass is 352 g/mol. The van der Waals surface area contributed by atoms with Crippen molar-refractivity contribution in [1.82, 2.24) is 4.98 Å². The second kappa shape index (κ2) is 5.38. The van der Waals surface area contributed by atoms with E-state index in [-0.39, 0.29) is 5.82 Å². The van der Waals surface area contributed by atoms with Crippen LogP contribution in [0.25, 0.3) is 10.2 Å². The molecule has 102 valence electrons. The summed E-state index contributed by atoms with van der Waals surface area (Å²) in [5.41, 5.74) is 1.60. The standard InChI is InChI=1S/C14H10BrFN2OS/c1-19-12-7-9(16)3-4-10(12)17-14-18-11-6-8(15)2-5-13(11)20-14/h2-7H,1H3,(H,17,18). The lowest BCUT2D eigenvalue weighted by Crippen LogP contribution is -1.94. The Morgan fingerprint density at radius 1 is 1.25 bits per heavy atom. The van der Waals surface area contributed by atoms with Crippen molar-refractivity contribution in [3.05, 3.63) is 46.7 Å². The number of rotatable bonds is 3. The predicted octanol–water partition coefficient (Wildman–Crippen LogP) is 4.95. The first-order valence-electron chi connectivity index (χ1n) is 5.82. The van der Waals surface area contributed by atoms with Gasteiger partial charge >= 0.3 is 0 Å². The van der Waals surface area contributed by atoms with Crippen LogP contribution in [0.15, 0.2) is 40.9 Å². The summed E-state index contributed by atoms with van der Waals surface area (Å²) in [4.78, 5) is 4.49. The number of halogens is 2. The van der Waals surface area contributed by atoms with Gasteiger partial charge in [0.15, 0.2) is 5.13 Å². The van der Waals surface area contributed by atoms with E-state index in [9.17, 15) is 4.39 Å². The van der Waals surface area contributed by atoms with Crippen LogP contribution in [-0.2, 0) is 0 Å². The molecule has 0 bridgehead atoms. The number of nitrogens with zero attached hydrogens (tertiary/aromatic N) is 1. The highest BCUT2D eigenvalue weighted by atomic mass is 79.9. The first-order valence-corrected chi connectivity index (χ1v) is 7.43. The van der Waals surface area contributed by atoms with Crippen LogP contribution >= 0.6 is 27.3 Å². The first kappa shape index (κ1) is 13.3. The molecule has 1 aromatic heterocycles. The fourth-order valence-corrected chi connectivity index (χ4v) is 3.05. The number of hydrogen-bond donors (Lipinski definition) is 1. The number of anilines is 2. The quantitative estimate of drug-likeness (QED) is 0.723. The fourth-order valence-electron chi connectivity index (χ4n) is 1.84. The average Bonchev–Trinajstić information content (AvgIpc) is 2.82. The van der Waals surface area contributed by atoms with Crippen molar-refractivity contribution in [3.63, 3.8) is 0 Å². The van der Waals surface area contributed by atoms with Crippen LogP contribution in [0.4, 0.5) is 15.2 Å². The molecule has 3 aromatic rings. The number of aromatic nitrogens is 1. The molecule has 3 rings (SSSR count). The van der Waals surface area contributed by atoms with Gasteiger partial charge in [-0.2, -0.15) is 0 Å². The lowest BCUT2D eigenvalue weighted by molar-refractivity contribution is 0.413. The van der Waals surface area contributed by atoms with Gasteiger partial charge in [-0.05, 0) is 30.3 Å². The third-order valence-corrected chi connectivity index (χ3v) is 4.20. The molecule has 0 aliphatic carbocycles. The summed E-state index contributed by atoms with van der Waals surface area (Å²) in [6.45, 7) is 0. The second-order valence-corrected chi connectivity index (χ2v) is 6.05. The summed E-state index contributed by atoms with van der Waals surface area (Å²) in [5.74, 6) is 0.117. The minimum absolute atomic E-state index is 0.333. The summed E-state index contributed by atoms with van der Waals surface area (Å²) in [7, 11) is 1.51. The zero-order valence-corrected chi connectivity index (χ0v) is 12.9. The molecule has 0 fully saturated rings. The van der Waals surface area contributed by atoms with Gasteiger partial charge in [0.2, 0.25) is 0 Å². The Balaban J connectivity index is 1.96. The van der Waals surface area contributed by atoms with E-state index in [0.29, 0.717) is 11.4 Å². The van der Waals surface area contributed by atoms with E-state index in [1.54, 1.807) is 6.07 Å². The van der Waals surface area contributed by atoms with Gasteiger partial charge in [-0.25, -0.2) is 9.37 Å². The third-order valence-electron chi connectivity index (χ3n) is 2.75. The van der Waals surface area contributed by atoms with E-state index in [1.165, 1.54) is 30.6 Å². The summed E-state index contributed by atoms with van der Waals surface area (Å²) in [6, 6.07) is 10.3. The van der Waals surface area contributed by atoms with E-state index in [4.69, 9.17) is 4.74 Å². The van der Waals surface area contributed by atoms with Crippen LogP contribution in [0.1, 0.15) is 0 Å². The van der Waals surface area contributed by atoms with Crippen molar-refractivity contribution in [2.75, 3.05) is 12.4 Å². The second-order valence-electron chi connectivity index (χ2n) is 4.10. The summed E-state index contributed by atoms with van der Waals surface area (Å²) in [5, 5.41) is 3.90. The number of ether oxygens (including phenoxy) is 1. The van der Waals surface area contributed by atoms with Gasteiger partial charge in [-0.3, -0.25) is 0 Å². The van der Waals surface area contributed by atoms with Crippen LogP contribution in [0, 0.1) is 5.82 Å². The van der Waals surface area contributed by atoms with Crippen LogP contribution in [0.5, 0.6) is 5.75 Å². The topological polar surface area (TPSA) is 34.1 Å². The number of thiazole rings is 1. The number of nitrogens with one attached hydrogen (secondary N) is 1. The Bertz CT molecular complexity index is 775. The molecule has 0 aliphatic heterocycles. The van der Waals surface area contributed by atoms with E-state index < -0.39 is 0 Å². The Kier molecular flexibility index (Phi) is 3.58. The van der Waals surface area contributed by atoms with Crippen molar-refractivity contribution >= 4 is 48.3 Å². The highest BCUT2D eigenvalue weighted by molar-refractivity contribution is 9.10. The van der Waals surface area contributed by atoms with Crippen molar-refractivity contribution < 1.29 is 9.13 Å². The van der Waals surface area contributed by atoms with Gasteiger partial charge in [0.1, 0.15) is 11.6 Å². The van der Waals surface area contributed by atoms with Crippen LogP contribution in [-0.4, -0.2) is 12.1 Å². The summed E-state index contributed by atoms with van der Waals surface area (Å²) in [6.07, 6.45) is 0. The Morgan fingerprint density at radius 2 is 2.10 bits per heavy atom. The molecule has 0 amide bonds. The molecule has 6 heteroatoms. The molecule has 0 unspecified atom stereocenters. The molecule has 3 nitrogen and oxygen atoms in total. The molecule has 1 N–H and O–H groups in total. The highest BCUT2D eigenvalue weighted by Crippen LogP contribution is 2.33. The van der Waals surface area contributed by atoms with Gasteiger partial charge in [0.05, 0.1) is 23.0 Å². The molecule has 0 aliphatic rings. The Morgan fingerprint density at radius 3 is 2.90 bits per heavy atom. The van der Waals surface area contributed by atoms with Gasteiger partial charge in [-0.1, -0.05) is 27.3 Å². The van der Waals surface area contributed by atoms with Gasteiger partial charge < -0.3 is 10.1 Å². The predicted molar refractivity (Wildman–Crippen MR) is 83.6 cm³/mol. The van der Waals surface area contributed by atoms with Crippen molar-refractivity contribution in [2.45, 2.75) is 0 Å². The maximum Gasteiger partial charge on any atom is 0.188 e. The van der Waals surface area contributed by atoms with E-state index in [1.807, 2.05) is 18.2 Å². The molecular weight excluding hydrogens is 343 g/mol. The van der Waals surface area contributed by atoms with Gasteiger partial charge in [0, 0.05) is 10.5 Å². The third kappa shape index (κ3) is 2.62. The lowest BCUT2D eigenvalue weighted by Gasteiger charge is -2.08. The van der Waals surface area contributed by atoms with Crippen LogP contribution < -0.4 is 10.1 Å². The Hall–Kier alpha value is -1.66. The molecule has 0 saturated heterocycles. The molecular formula is C14H10BrFN2OS. The molecule has 0 spiro atoms. The minimum Gasteiger partial charge on any atom is -0.494 e. The normalized spacial score (nSPS) is 10.8. The molecule has 0 atom stereocenters. The lowest BCUT2D eigenvalue weighted by atomic mass is 10.3. The smallest absolute Gasteiger partial charge is 0.188 e. The maximum absolute atomic E-state index is 13.2. The van der Waals surface area contributed by atoms with Gasteiger partial charge in [0.25, 0.3) is 0 Å². The number of hydrogen-bond acceptors (Lipinski definition) is 4. The van der Waals surface area contributed by atoms with Gasteiger partial charge in [-0.15, -0.1) is 0 Å². The zero-order chi connectivity index (χ0) is 14.1. The van der Waals surface area contributed by atoms with E-state index >= 15 is 0 Å². The number of benzene rings is 2. The summed E-state index contributed by atoms with van der Waals surface area (Å²) >= 11 is 4.95. The molecule has 0 saturated carbocycles. The van der Waals surface area contributed by atoms with Crippen molar-refractivity contribution in [2.24, 2.45) is 0 Å². The van der Waals surface area contributed by atoms with E-state index in [2.05, 4.69) is 26.2 Å². The van der Waals surface area contributed by atoms with Crippen molar-refractivity contribution in [1.29, 1.82) is 0 Å². The highest BCUT2D eigenvalue weighted by Gasteiger charge is 2.08. The molecule has 1 heterocycles. The average molecular weight is 353 g/mol.